The Hall–Kier alpha value is -6.20. The third-order valence-electron chi connectivity index (χ3n) is 21.8. The minimum Gasteiger partial charge on any atom is -0.454 e. The van der Waals surface area contributed by atoms with Crippen LogP contribution in [0, 0.1) is 13.8 Å². The van der Waals surface area contributed by atoms with E-state index in [9.17, 15) is 0 Å². The van der Waals surface area contributed by atoms with Crippen LogP contribution < -0.4 is 31.1 Å². The van der Waals surface area contributed by atoms with Gasteiger partial charge in [-0.15, -0.1) is 0 Å². The number of aryl methyl sites for hydroxylation is 2. The Labute approximate surface area is 453 Å². The van der Waals surface area contributed by atoms with E-state index in [0.29, 0.717) is 0 Å². The lowest BCUT2D eigenvalue weighted by molar-refractivity contribution is 0.195. The number of para-hydroxylation sites is 2. The van der Waals surface area contributed by atoms with E-state index < -0.39 is 0 Å². The van der Waals surface area contributed by atoms with Crippen LogP contribution in [0.1, 0.15) is 185 Å². The Morgan fingerprint density at radius 2 is 1.11 bits per heavy atom. The van der Waals surface area contributed by atoms with Crippen LogP contribution in [-0.2, 0) is 32.5 Å². The molecule has 7 aliphatic rings. The quantitative estimate of drug-likeness (QED) is 0.153. The number of nitrogens with zero attached hydrogens (tertiary/aromatic N) is 3. The van der Waals surface area contributed by atoms with Crippen molar-refractivity contribution in [2.24, 2.45) is 0 Å². The van der Waals surface area contributed by atoms with E-state index in [1.54, 1.807) is 5.56 Å². The van der Waals surface area contributed by atoms with Gasteiger partial charge in [0.05, 0.1) is 11.2 Å². The monoisotopic (exact) mass is 998 g/mol. The maximum absolute atomic E-state index is 7.04. The lowest BCUT2D eigenvalue weighted by atomic mass is 9.33. The minimum atomic E-state index is -0.215. The van der Waals surface area contributed by atoms with E-state index in [2.05, 4.69) is 221 Å². The molecule has 8 aromatic rings. The first kappa shape index (κ1) is 47.1. The van der Waals surface area contributed by atoms with Gasteiger partial charge < -0.3 is 19.1 Å². The molecule has 3 unspecified atom stereocenters. The number of hydrogen-bond donors (Lipinski definition) is 0. The molecule has 0 saturated heterocycles. The molecule has 15 rings (SSSR count). The second-order valence-electron chi connectivity index (χ2n) is 28.8. The maximum Gasteiger partial charge on any atom is 0.252 e. The highest BCUT2D eigenvalue weighted by molar-refractivity contribution is 7.00. The first-order valence-electron chi connectivity index (χ1n) is 29.1. The molecule has 0 radical (unpaired) electrons. The Morgan fingerprint density at radius 1 is 0.487 bits per heavy atom. The summed E-state index contributed by atoms with van der Waals surface area (Å²) < 4.78 is 7.04. The van der Waals surface area contributed by atoms with E-state index in [-0.39, 0.29) is 44.7 Å². The van der Waals surface area contributed by atoms with Crippen LogP contribution in [0.5, 0.6) is 0 Å². The second kappa shape index (κ2) is 14.7. The first-order valence-corrected chi connectivity index (χ1v) is 29.1. The topological polar surface area (TPSA) is 22.9 Å². The summed E-state index contributed by atoms with van der Waals surface area (Å²) in [6, 6.07) is 44.4. The van der Waals surface area contributed by atoms with Crippen molar-refractivity contribution in [3.05, 3.63) is 159 Å². The van der Waals surface area contributed by atoms with Gasteiger partial charge in [0, 0.05) is 61.4 Å². The van der Waals surface area contributed by atoms with Gasteiger partial charge in [-0.25, -0.2) is 0 Å². The van der Waals surface area contributed by atoms with Gasteiger partial charge in [0.15, 0.2) is 5.58 Å². The largest absolute Gasteiger partial charge is 0.454 e. The zero-order valence-electron chi connectivity index (χ0n) is 47.9. The van der Waals surface area contributed by atoms with Crippen LogP contribution in [0.15, 0.2) is 114 Å². The highest BCUT2D eigenvalue weighted by atomic mass is 16.3. The van der Waals surface area contributed by atoms with Crippen molar-refractivity contribution in [2.75, 3.05) is 14.7 Å². The highest BCUT2D eigenvalue weighted by Crippen LogP contribution is 2.64. The van der Waals surface area contributed by atoms with Crippen LogP contribution in [0.3, 0.4) is 0 Å². The van der Waals surface area contributed by atoms with Gasteiger partial charge in [-0.1, -0.05) is 144 Å². The van der Waals surface area contributed by atoms with E-state index in [0.717, 1.165) is 53.3 Å². The van der Waals surface area contributed by atoms with Crippen molar-refractivity contribution in [1.82, 2.24) is 0 Å². The first-order chi connectivity index (χ1) is 35.9. The summed E-state index contributed by atoms with van der Waals surface area (Å²) in [5.74, 6) is 0. The molecular weight excluding hydrogens is 922 g/mol. The molecule has 0 spiro atoms. The third kappa shape index (κ3) is 5.83. The summed E-state index contributed by atoms with van der Waals surface area (Å²) in [4.78, 5) is 8.28. The van der Waals surface area contributed by atoms with Gasteiger partial charge >= 0.3 is 0 Å². The number of furan rings is 1. The smallest absolute Gasteiger partial charge is 0.252 e. The number of hydrogen-bond acceptors (Lipinski definition) is 4. The summed E-state index contributed by atoms with van der Waals surface area (Å²) in [6.07, 6.45) is 9.43. The average Bonchev–Trinajstić information content (AvgIpc) is 4.00. The Morgan fingerprint density at radius 3 is 1.84 bits per heavy atom. The van der Waals surface area contributed by atoms with Crippen molar-refractivity contribution in [1.29, 1.82) is 0 Å². The molecule has 0 amide bonds. The SMILES string of the molecule is Cc1cc2c3c(c1)N(c1cccc4c1oc1ccccc14)c1cc4c(cc1B3c1ccc3cc1N2c1cc2c(cc1C)C(C)(C)CCC2(C)c1cc2c(cc1C(C)(C)C)C1(C)CCCCC1(C)N32)C(C)(C)CCC4(C)C. The molecule has 1 saturated carbocycles. The normalized spacial score (nSPS) is 24.7. The molecule has 5 heterocycles. The van der Waals surface area contributed by atoms with E-state index in [4.69, 9.17) is 4.42 Å². The zero-order chi connectivity index (χ0) is 52.8. The van der Waals surface area contributed by atoms with Gasteiger partial charge in [0.2, 0.25) is 0 Å². The van der Waals surface area contributed by atoms with Gasteiger partial charge in [-0.2, -0.15) is 0 Å². The van der Waals surface area contributed by atoms with Gasteiger partial charge in [0.25, 0.3) is 6.71 Å². The van der Waals surface area contributed by atoms with E-state index in [1.165, 1.54) is 126 Å². The summed E-state index contributed by atoms with van der Waals surface area (Å²) in [7, 11) is 0. The maximum atomic E-state index is 7.04. The lowest BCUT2D eigenvalue weighted by Crippen LogP contribution is -2.62. The molecular formula is C71H76BN3O. The van der Waals surface area contributed by atoms with Gasteiger partial charge in [-0.3, -0.25) is 0 Å². The molecule has 76 heavy (non-hydrogen) atoms. The summed E-state index contributed by atoms with van der Waals surface area (Å²) >= 11 is 0. The molecule has 7 aromatic carbocycles. The number of fused-ring (bicyclic) bond motifs is 17. The van der Waals surface area contributed by atoms with Crippen molar-refractivity contribution in [2.45, 2.75) is 186 Å². The van der Waals surface area contributed by atoms with Gasteiger partial charge in [-0.05, 0) is 202 Å². The molecule has 4 aliphatic heterocycles. The van der Waals surface area contributed by atoms with E-state index in [1.807, 2.05) is 0 Å². The number of benzene rings is 7. The lowest BCUT2D eigenvalue weighted by Gasteiger charge is -2.51. The molecule has 384 valence electrons. The second-order valence-corrected chi connectivity index (χ2v) is 28.8. The molecule has 1 aromatic heterocycles. The fraction of sp³-hybridized carbons (Fsp3) is 0.408. The van der Waals surface area contributed by atoms with Crippen LogP contribution in [0.4, 0.5) is 45.5 Å². The Bertz CT molecular complexity index is 3920. The molecule has 0 N–H and O–H groups in total. The summed E-state index contributed by atoms with van der Waals surface area (Å²) in [5.41, 5.74) is 29.1. The molecule has 1 fully saturated rings. The molecule has 5 heteroatoms. The molecule has 6 bridgehead atoms. The summed E-state index contributed by atoms with van der Waals surface area (Å²) in [5, 5.41) is 2.31. The predicted molar refractivity (Wildman–Crippen MR) is 323 cm³/mol. The average molecular weight is 998 g/mol. The molecule has 3 atom stereocenters. The zero-order valence-corrected chi connectivity index (χ0v) is 47.9. The molecule has 4 nitrogen and oxygen atoms in total. The van der Waals surface area contributed by atoms with Crippen molar-refractivity contribution in [3.8, 4) is 0 Å². The predicted octanol–water partition coefficient (Wildman–Crippen LogP) is 17.4. The fourth-order valence-corrected chi connectivity index (χ4v) is 17.1. The van der Waals surface area contributed by atoms with Crippen LogP contribution >= 0.6 is 0 Å². The summed E-state index contributed by atoms with van der Waals surface area (Å²) in [6.45, 7) is 35.0. The van der Waals surface area contributed by atoms with Gasteiger partial charge in [0.1, 0.15) is 5.58 Å². The van der Waals surface area contributed by atoms with Crippen molar-refractivity contribution >= 4 is 90.5 Å². The number of rotatable bonds is 1. The fourth-order valence-electron chi connectivity index (χ4n) is 17.1. The van der Waals surface area contributed by atoms with E-state index >= 15 is 0 Å². The third-order valence-corrected chi connectivity index (χ3v) is 21.8. The highest BCUT2D eigenvalue weighted by Gasteiger charge is 2.59. The Balaban J connectivity index is 1.09. The van der Waals surface area contributed by atoms with Crippen LogP contribution in [0.25, 0.3) is 21.9 Å². The minimum absolute atomic E-state index is 0.00354. The van der Waals surface area contributed by atoms with Crippen LogP contribution in [-0.4, -0.2) is 12.3 Å². The molecule has 3 aliphatic carbocycles. The number of anilines is 8. The van der Waals surface area contributed by atoms with Crippen molar-refractivity contribution < 1.29 is 4.42 Å². The van der Waals surface area contributed by atoms with Crippen LogP contribution in [0.2, 0.25) is 0 Å². The Kier molecular flexibility index (Phi) is 9.09. The standard InChI is InChI=1S/C71H76BN3O/c1-41-32-60-63-61(33-41)74-56-39-51-47(34-42(56)2)68(10,11)30-31-69(51,12)50-40-57-52(36-46(50)65(3,4)5)70(13)26-17-18-27-71(70,14)75(57)43-24-25-53(58(74)35-43)72(63)54-37-48-49(67(8,9)29-28-66(48,6)7)38-59(54)73(60)55-22-19-21-45-44-20-15-16-23-62(44)76-64(45)55/h15-16,19-25,32-40H,17-18,26-31H2,1-14H3. The van der Waals surface area contributed by atoms with Crippen molar-refractivity contribution in [3.63, 3.8) is 0 Å².